The van der Waals surface area contributed by atoms with Crippen molar-refractivity contribution >= 4 is 33.6 Å². The van der Waals surface area contributed by atoms with Crippen molar-refractivity contribution in [1.29, 1.82) is 0 Å². The fraction of sp³-hybridized carbons (Fsp3) is 0.200. The van der Waals surface area contributed by atoms with Crippen molar-refractivity contribution in [2.45, 2.75) is 13.8 Å². The third kappa shape index (κ3) is 3.58. The largest absolute Gasteiger partial charge is 0.493 e. The zero-order valence-corrected chi connectivity index (χ0v) is 15.8. The molecule has 134 valence electrons. The van der Waals surface area contributed by atoms with E-state index in [1.54, 1.807) is 18.2 Å². The standard InChI is InChI=1S/C20H19ClN2O3/c1-11-5-12(2)7-13(6-11)8-15(21)19-22-16-10-18(26-4)17(25-3)9-14(16)20(24)23-19/h5-10H,1-4H3,(H,22,23,24)/b15-8-. The van der Waals surface area contributed by atoms with Crippen LogP contribution >= 0.6 is 11.6 Å². The molecular weight excluding hydrogens is 352 g/mol. The zero-order valence-electron chi connectivity index (χ0n) is 15.0. The number of fused-ring (bicyclic) bond motifs is 1. The summed E-state index contributed by atoms with van der Waals surface area (Å²) < 4.78 is 10.5. The van der Waals surface area contributed by atoms with Gasteiger partial charge in [-0.15, -0.1) is 0 Å². The van der Waals surface area contributed by atoms with Crippen LogP contribution in [0.5, 0.6) is 11.5 Å². The molecule has 0 aliphatic heterocycles. The van der Waals surface area contributed by atoms with E-state index in [-0.39, 0.29) is 5.56 Å². The molecule has 0 unspecified atom stereocenters. The summed E-state index contributed by atoms with van der Waals surface area (Å²) >= 11 is 6.42. The van der Waals surface area contributed by atoms with Gasteiger partial charge in [-0.05, 0) is 31.6 Å². The van der Waals surface area contributed by atoms with Crippen molar-refractivity contribution in [2.24, 2.45) is 0 Å². The summed E-state index contributed by atoms with van der Waals surface area (Å²) in [4.78, 5) is 19.6. The number of H-pyrrole nitrogens is 1. The van der Waals surface area contributed by atoms with Crippen LogP contribution in [0.2, 0.25) is 0 Å². The van der Waals surface area contributed by atoms with Crippen molar-refractivity contribution in [3.05, 3.63) is 63.2 Å². The highest BCUT2D eigenvalue weighted by Gasteiger charge is 2.12. The van der Waals surface area contributed by atoms with Gasteiger partial charge in [0.15, 0.2) is 17.3 Å². The Morgan fingerprint density at radius 2 is 1.65 bits per heavy atom. The second-order valence-electron chi connectivity index (χ2n) is 6.05. The average molecular weight is 371 g/mol. The van der Waals surface area contributed by atoms with E-state index in [2.05, 4.69) is 16.0 Å². The molecule has 0 fully saturated rings. The van der Waals surface area contributed by atoms with Gasteiger partial charge in [-0.3, -0.25) is 4.79 Å². The molecule has 5 nitrogen and oxygen atoms in total. The minimum Gasteiger partial charge on any atom is -0.493 e. The van der Waals surface area contributed by atoms with Crippen LogP contribution in [0.3, 0.4) is 0 Å². The van der Waals surface area contributed by atoms with Gasteiger partial charge >= 0.3 is 0 Å². The molecule has 0 saturated heterocycles. The number of aromatic amines is 1. The highest BCUT2D eigenvalue weighted by Crippen LogP contribution is 2.30. The minimum atomic E-state index is -0.294. The number of aromatic nitrogens is 2. The Labute approximate surface area is 156 Å². The lowest BCUT2D eigenvalue weighted by Crippen LogP contribution is -2.11. The molecule has 0 aliphatic carbocycles. The number of nitrogens with zero attached hydrogens (tertiary/aromatic N) is 1. The fourth-order valence-corrected chi connectivity index (χ4v) is 3.10. The van der Waals surface area contributed by atoms with Crippen LogP contribution in [0.25, 0.3) is 22.0 Å². The van der Waals surface area contributed by atoms with Gasteiger partial charge in [-0.1, -0.05) is 40.9 Å². The predicted octanol–water partition coefficient (Wildman–Crippen LogP) is 4.29. The van der Waals surface area contributed by atoms with Crippen LogP contribution in [-0.2, 0) is 0 Å². The third-order valence-electron chi connectivity index (χ3n) is 3.97. The summed E-state index contributed by atoms with van der Waals surface area (Å²) in [6.45, 7) is 4.04. The lowest BCUT2D eigenvalue weighted by molar-refractivity contribution is 0.355. The van der Waals surface area contributed by atoms with Gasteiger partial charge < -0.3 is 14.5 Å². The van der Waals surface area contributed by atoms with Gasteiger partial charge in [-0.25, -0.2) is 4.98 Å². The summed E-state index contributed by atoms with van der Waals surface area (Å²) in [7, 11) is 3.05. The summed E-state index contributed by atoms with van der Waals surface area (Å²) in [5.74, 6) is 1.27. The molecule has 0 bridgehead atoms. The van der Waals surface area contributed by atoms with Gasteiger partial charge in [-0.2, -0.15) is 0 Å². The van der Waals surface area contributed by atoms with Gasteiger partial charge in [0, 0.05) is 6.07 Å². The number of nitrogens with one attached hydrogen (secondary N) is 1. The number of rotatable bonds is 4. The maximum absolute atomic E-state index is 12.5. The molecule has 0 saturated carbocycles. The van der Waals surface area contributed by atoms with Crippen LogP contribution in [0, 0.1) is 13.8 Å². The lowest BCUT2D eigenvalue weighted by atomic mass is 10.1. The molecule has 0 amide bonds. The Balaban J connectivity index is 2.13. The van der Waals surface area contributed by atoms with E-state index >= 15 is 0 Å². The van der Waals surface area contributed by atoms with E-state index in [0.29, 0.717) is 33.3 Å². The number of aryl methyl sites for hydroxylation is 2. The van der Waals surface area contributed by atoms with Crippen LogP contribution in [-0.4, -0.2) is 24.2 Å². The molecule has 1 N–H and O–H groups in total. The number of ether oxygens (including phenoxy) is 2. The summed E-state index contributed by atoms with van der Waals surface area (Å²) in [6, 6.07) is 9.38. The maximum Gasteiger partial charge on any atom is 0.259 e. The van der Waals surface area contributed by atoms with Crippen LogP contribution < -0.4 is 15.0 Å². The highest BCUT2D eigenvalue weighted by atomic mass is 35.5. The Hall–Kier alpha value is -2.79. The molecule has 0 aliphatic rings. The van der Waals surface area contributed by atoms with Crippen molar-refractivity contribution in [3.63, 3.8) is 0 Å². The van der Waals surface area contributed by atoms with Crippen molar-refractivity contribution < 1.29 is 9.47 Å². The lowest BCUT2D eigenvalue weighted by Gasteiger charge is -2.09. The third-order valence-corrected chi connectivity index (χ3v) is 4.26. The molecular formula is C20H19ClN2O3. The Morgan fingerprint density at radius 1 is 1.04 bits per heavy atom. The SMILES string of the molecule is COc1cc2nc(/C(Cl)=C/c3cc(C)cc(C)c3)[nH]c(=O)c2cc1OC. The van der Waals surface area contributed by atoms with E-state index in [4.69, 9.17) is 21.1 Å². The number of halogens is 1. The first-order chi connectivity index (χ1) is 12.4. The monoisotopic (exact) mass is 370 g/mol. The molecule has 0 spiro atoms. The van der Waals surface area contributed by atoms with Crippen molar-refractivity contribution in [3.8, 4) is 11.5 Å². The Bertz CT molecular complexity index is 1050. The smallest absolute Gasteiger partial charge is 0.259 e. The molecule has 0 radical (unpaired) electrons. The number of hydrogen-bond acceptors (Lipinski definition) is 4. The van der Waals surface area contributed by atoms with E-state index in [9.17, 15) is 4.79 Å². The molecule has 0 atom stereocenters. The molecule has 6 heteroatoms. The topological polar surface area (TPSA) is 64.2 Å². The fourth-order valence-electron chi connectivity index (χ4n) is 2.89. The highest BCUT2D eigenvalue weighted by molar-refractivity contribution is 6.50. The zero-order chi connectivity index (χ0) is 18.8. The van der Waals surface area contributed by atoms with Crippen molar-refractivity contribution in [2.75, 3.05) is 14.2 Å². The second-order valence-corrected chi connectivity index (χ2v) is 6.46. The normalized spacial score (nSPS) is 11.7. The Morgan fingerprint density at radius 3 is 2.27 bits per heavy atom. The van der Waals surface area contributed by atoms with Crippen molar-refractivity contribution in [1.82, 2.24) is 9.97 Å². The Kier molecular flexibility index (Phi) is 5.00. The molecule has 26 heavy (non-hydrogen) atoms. The van der Waals surface area contributed by atoms with E-state index in [1.807, 2.05) is 26.0 Å². The maximum atomic E-state index is 12.5. The van der Waals surface area contributed by atoms with Crippen LogP contribution in [0.4, 0.5) is 0 Å². The van der Waals surface area contributed by atoms with Gasteiger partial charge in [0.05, 0.1) is 30.2 Å². The van der Waals surface area contributed by atoms with E-state index in [1.165, 1.54) is 14.2 Å². The van der Waals surface area contributed by atoms with Gasteiger partial charge in [0.25, 0.3) is 5.56 Å². The summed E-state index contributed by atoms with van der Waals surface area (Å²) in [5.41, 5.74) is 3.41. The number of benzene rings is 2. The first-order valence-corrected chi connectivity index (χ1v) is 8.41. The van der Waals surface area contributed by atoms with Crippen LogP contribution in [0.15, 0.2) is 35.1 Å². The molecule has 2 aromatic carbocycles. The molecule has 3 aromatic rings. The molecule has 3 rings (SSSR count). The number of methoxy groups -OCH3 is 2. The van der Waals surface area contributed by atoms with Gasteiger partial charge in [0.2, 0.25) is 0 Å². The van der Waals surface area contributed by atoms with E-state index < -0.39 is 0 Å². The first-order valence-electron chi connectivity index (χ1n) is 8.03. The van der Waals surface area contributed by atoms with Crippen LogP contribution in [0.1, 0.15) is 22.5 Å². The molecule has 1 heterocycles. The second kappa shape index (κ2) is 7.22. The first kappa shape index (κ1) is 18.0. The van der Waals surface area contributed by atoms with Gasteiger partial charge in [0.1, 0.15) is 0 Å². The summed E-state index contributed by atoms with van der Waals surface area (Å²) in [5, 5.41) is 0.756. The predicted molar refractivity (Wildman–Crippen MR) is 105 cm³/mol. The average Bonchev–Trinajstić information content (AvgIpc) is 2.59. The number of hydrogen-bond donors (Lipinski definition) is 1. The quantitative estimate of drug-likeness (QED) is 0.743. The van der Waals surface area contributed by atoms with E-state index in [0.717, 1.165) is 16.7 Å². The summed E-state index contributed by atoms with van der Waals surface area (Å²) in [6.07, 6.45) is 1.78. The molecule has 1 aromatic heterocycles. The minimum absolute atomic E-state index is 0.294.